The lowest BCUT2D eigenvalue weighted by molar-refractivity contribution is -0.384. The molecule has 0 bridgehead atoms. The van der Waals surface area contributed by atoms with E-state index in [1.807, 2.05) is 6.92 Å². The van der Waals surface area contributed by atoms with Crippen molar-refractivity contribution in [2.75, 3.05) is 0 Å². The minimum atomic E-state index is -0.478. The van der Waals surface area contributed by atoms with Crippen LogP contribution in [-0.2, 0) is 0 Å². The van der Waals surface area contributed by atoms with Crippen molar-refractivity contribution in [3.05, 3.63) is 39.9 Å². The van der Waals surface area contributed by atoms with E-state index in [2.05, 4.69) is 5.32 Å². The van der Waals surface area contributed by atoms with Crippen molar-refractivity contribution in [2.24, 2.45) is 5.92 Å². The van der Waals surface area contributed by atoms with E-state index in [0.29, 0.717) is 11.5 Å². The Bertz CT molecular complexity index is 438. The summed E-state index contributed by atoms with van der Waals surface area (Å²) in [5.74, 6) is 0.427. The molecule has 0 unspecified atom stereocenters. The van der Waals surface area contributed by atoms with Crippen molar-refractivity contribution in [3.8, 4) is 0 Å². The number of rotatable bonds is 4. The minimum Gasteiger partial charge on any atom is -0.349 e. The molecule has 2 rings (SSSR count). The first kappa shape index (κ1) is 11.6. The Labute approximate surface area is 99.0 Å². The Balaban J connectivity index is 2.00. The molecule has 1 fully saturated rings. The first-order valence-corrected chi connectivity index (χ1v) is 5.63. The van der Waals surface area contributed by atoms with Crippen molar-refractivity contribution in [1.29, 1.82) is 0 Å². The molecule has 17 heavy (non-hydrogen) atoms. The van der Waals surface area contributed by atoms with Gasteiger partial charge in [-0.1, -0.05) is 0 Å². The van der Waals surface area contributed by atoms with Gasteiger partial charge < -0.3 is 5.32 Å². The third kappa shape index (κ3) is 2.81. The van der Waals surface area contributed by atoms with E-state index in [-0.39, 0.29) is 17.6 Å². The number of amides is 1. The van der Waals surface area contributed by atoms with Gasteiger partial charge in [0.1, 0.15) is 0 Å². The van der Waals surface area contributed by atoms with Gasteiger partial charge in [-0.3, -0.25) is 14.9 Å². The summed E-state index contributed by atoms with van der Waals surface area (Å²) in [4.78, 5) is 21.8. The molecule has 0 spiro atoms. The van der Waals surface area contributed by atoms with Crippen LogP contribution in [0.15, 0.2) is 24.3 Å². The van der Waals surface area contributed by atoms with Gasteiger partial charge in [0.15, 0.2) is 0 Å². The highest BCUT2D eigenvalue weighted by Gasteiger charge is 2.29. The first-order chi connectivity index (χ1) is 8.08. The van der Waals surface area contributed by atoms with Crippen LogP contribution in [0.3, 0.4) is 0 Å². The normalized spacial score (nSPS) is 16.3. The summed E-state index contributed by atoms with van der Waals surface area (Å²) in [7, 11) is 0. The molecular formula is C12H14N2O3. The van der Waals surface area contributed by atoms with E-state index in [1.54, 1.807) is 0 Å². The van der Waals surface area contributed by atoms with Gasteiger partial charge in [-0.25, -0.2) is 0 Å². The standard InChI is InChI=1S/C12H14N2O3/c1-8(9-2-3-9)13-12(15)10-4-6-11(7-5-10)14(16)17/h4-9H,2-3H2,1H3,(H,13,15)/t8-/m1/s1. The fourth-order valence-electron chi connectivity index (χ4n) is 1.74. The highest BCUT2D eigenvalue weighted by atomic mass is 16.6. The Morgan fingerprint density at radius 2 is 2.00 bits per heavy atom. The number of hydrogen-bond donors (Lipinski definition) is 1. The number of nitrogens with zero attached hydrogens (tertiary/aromatic N) is 1. The Hall–Kier alpha value is -1.91. The van der Waals surface area contributed by atoms with Crippen LogP contribution in [0.5, 0.6) is 0 Å². The van der Waals surface area contributed by atoms with Gasteiger partial charge in [-0.2, -0.15) is 0 Å². The lowest BCUT2D eigenvalue weighted by atomic mass is 10.1. The van der Waals surface area contributed by atoms with Gasteiger partial charge in [-0.15, -0.1) is 0 Å². The maximum absolute atomic E-state index is 11.8. The molecule has 0 radical (unpaired) electrons. The topological polar surface area (TPSA) is 72.2 Å². The summed E-state index contributed by atoms with van der Waals surface area (Å²) in [6.45, 7) is 1.99. The average molecular weight is 234 g/mol. The second-order valence-corrected chi connectivity index (χ2v) is 4.40. The van der Waals surface area contributed by atoms with E-state index in [0.717, 1.165) is 0 Å². The Morgan fingerprint density at radius 3 is 2.47 bits per heavy atom. The average Bonchev–Trinajstić information content (AvgIpc) is 3.12. The Morgan fingerprint density at radius 1 is 1.41 bits per heavy atom. The summed E-state index contributed by atoms with van der Waals surface area (Å²) < 4.78 is 0. The van der Waals surface area contributed by atoms with Gasteiger partial charge in [0.25, 0.3) is 11.6 Å². The zero-order chi connectivity index (χ0) is 12.4. The van der Waals surface area contributed by atoms with E-state index in [1.165, 1.54) is 37.1 Å². The second kappa shape index (κ2) is 4.53. The minimum absolute atomic E-state index is 0.00297. The molecule has 90 valence electrons. The Kier molecular flexibility index (Phi) is 3.08. The number of hydrogen-bond acceptors (Lipinski definition) is 3. The van der Waals surface area contributed by atoms with Crippen molar-refractivity contribution in [2.45, 2.75) is 25.8 Å². The molecule has 0 aliphatic heterocycles. The molecule has 1 atom stereocenters. The van der Waals surface area contributed by atoms with Gasteiger partial charge in [0.2, 0.25) is 0 Å². The fourth-order valence-corrected chi connectivity index (χ4v) is 1.74. The van der Waals surface area contributed by atoms with Crippen LogP contribution in [0, 0.1) is 16.0 Å². The number of nitro groups is 1. The second-order valence-electron chi connectivity index (χ2n) is 4.40. The predicted molar refractivity (Wildman–Crippen MR) is 62.7 cm³/mol. The highest BCUT2D eigenvalue weighted by Crippen LogP contribution is 2.32. The third-order valence-corrected chi connectivity index (χ3v) is 3.03. The number of nitro benzene ring substituents is 1. The van der Waals surface area contributed by atoms with Gasteiger partial charge in [0.05, 0.1) is 4.92 Å². The van der Waals surface area contributed by atoms with Crippen molar-refractivity contribution < 1.29 is 9.72 Å². The van der Waals surface area contributed by atoms with Crippen molar-refractivity contribution in [3.63, 3.8) is 0 Å². The van der Waals surface area contributed by atoms with Crippen molar-refractivity contribution in [1.82, 2.24) is 5.32 Å². The van der Waals surface area contributed by atoms with Crippen LogP contribution in [-0.4, -0.2) is 16.9 Å². The molecule has 0 saturated heterocycles. The summed E-state index contributed by atoms with van der Waals surface area (Å²) in [5.41, 5.74) is 0.458. The van der Waals surface area contributed by atoms with Crippen LogP contribution in [0.2, 0.25) is 0 Å². The number of benzene rings is 1. The highest BCUT2D eigenvalue weighted by molar-refractivity contribution is 5.94. The van der Waals surface area contributed by atoms with Crippen molar-refractivity contribution >= 4 is 11.6 Å². The quantitative estimate of drug-likeness (QED) is 0.640. The molecule has 1 amide bonds. The third-order valence-electron chi connectivity index (χ3n) is 3.03. The maximum Gasteiger partial charge on any atom is 0.269 e. The maximum atomic E-state index is 11.8. The fraction of sp³-hybridized carbons (Fsp3) is 0.417. The molecule has 1 saturated carbocycles. The van der Waals surface area contributed by atoms with E-state index in [4.69, 9.17) is 0 Å². The van der Waals surface area contributed by atoms with Gasteiger partial charge >= 0.3 is 0 Å². The van der Waals surface area contributed by atoms with E-state index in [9.17, 15) is 14.9 Å². The molecular weight excluding hydrogens is 220 g/mol. The van der Waals surface area contributed by atoms with Gasteiger partial charge in [-0.05, 0) is 37.8 Å². The van der Waals surface area contributed by atoms with E-state index >= 15 is 0 Å². The summed E-state index contributed by atoms with van der Waals surface area (Å²) in [6, 6.07) is 5.82. The zero-order valence-electron chi connectivity index (χ0n) is 9.55. The number of carbonyl (C=O) groups excluding carboxylic acids is 1. The SMILES string of the molecule is C[C@@H](NC(=O)c1ccc([N+](=O)[O-])cc1)C1CC1. The van der Waals surface area contributed by atoms with Crippen LogP contribution in [0.1, 0.15) is 30.1 Å². The van der Waals surface area contributed by atoms with Crippen LogP contribution >= 0.6 is 0 Å². The first-order valence-electron chi connectivity index (χ1n) is 5.63. The molecule has 1 N–H and O–H groups in total. The van der Waals surface area contributed by atoms with Crippen LogP contribution < -0.4 is 5.32 Å². The number of nitrogens with one attached hydrogen (secondary N) is 1. The molecule has 0 aromatic heterocycles. The van der Waals surface area contributed by atoms with Crippen LogP contribution in [0.25, 0.3) is 0 Å². The summed E-state index contributed by atoms with van der Waals surface area (Å²) in [5, 5.41) is 13.4. The molecule has 1 aliphatic carbocycles. The molecule has 1 aromatic rings. The lowest BCUT2D eigenvalue weighted by Crippen LogP contribution is -2.33. The number of carbonyl (C=O) groups is 1. The zero-order valence-corrected chi connectivity index (χ0v) is 9.55. The molecule has 0 heterocycles. The molecule has 1 aliphatic rings. The predicted octanol–water partition coefficient (Wildman–Crippen LogP) is 2.12. The lowest BCUT2D eigenvalue weighted by Gasteiger charge is -2.12. The monoisotopic (exact) mass is 234 g/mol. The van der Waals surface area contributed by atoms with E-state index < -0.39 is 4.92 Å². The molecule has 5 nitrogen and oxygen atoms in total. The summed E-state index contributed by atoms with van der Waals surface area (Å²) >= 11 is 0. The van der Waals surface area contributed by atoms with Gasteiger partial charge in [0, 0.05) is 23.7 Å². The molecule has 1 aromatic carbocycles. The largest absolute Gasteiger partial charge is 0.349 e. The summed E-state index contributed by atoms with van der Waals surface area (Å²) in [6.07, 6.45) is 2.34. The molecule has 5 heteroatoms. The number of non-ortho nitro benzene ring substituents is 1. The smallest absolute Gasteiger partial charge is 0.269 e. The van der Waals surface area contributed by atoms with Crippen LogP contribution in [0.4, 0.5) is 5.69 Å².